The van der Waals surface area contributed by atoms with Gasteiger partial charge in [0.1, 0.15) is 0 Å². The van der Waals surface area contributed by atoms with E-state index in [9.17, 15) is 0 Å². The van der Waals surface area contributed by atoms with E-state index in [4.69, 9.17) is 0 Å². The predicted molar refractivity (Wildman–Crippen MR) is 56.4 cm³/mol. The number of hydrogen-bond donors (Lipinski definition) is 1. The predicted octanol–water partition coefficient (Wildman–Crippen LogP) is 3.12. The van der Waals surface area contributed by atoms with Crippen LogP contribution in [0.1, 0.15) is 46.0 Å². The maximum atomic E-state index is 3.19. The van der Waals surface area contributed by atoms with Crippen molar-refractivity contribution in [1.82, 2.24) is 5.32 Å². The molecule has 0 atom stereocenters. The first kappa shape index (κ1) is 11.7. The zero-order valence-corrected chi connectivity index (χ0v) is 8.82. The van der Waals surface area contributed by atoms with Crippen LogP contribution in [-0.2, 0) is 0 Å². The third-order valence-electron chi connectivity index (χ3n) is 1.99. The molecule has 0 aromatic carbocycles. The molecule has 0 bridgehead atoms. The van der Waals surface area contributed by atoms with Gasteiger partial charge in [0.2, 0.25) is 0 Å². The quantitative estimate of drug-likeness (QED) is 0.577. The van der Waals surface area contributed by atoms with E-state index in [0.29, 0.717) is 0 Å². The summed E-state index contributed by atoms with van der Waals surface area (Å²) in [6.07, 6.45) is 8.72. The van der Waals surface area contributed by atoms with Crippen molar-refractivity contribution in [2.24, 2.45) is 0 Å². The summed E-state index contributed by atoms with van der Waals surface area (Å²) in [5, 5.41) is 3.19. The fourth-order valence-electron chi connectivity index (χ4n) is 1.28. The molecule has 0 spiro atoms. The van der Waals surface area contributed by atoms with Crippen LogP contribution in [0.5, 0.6) is 0 Å². The number of allylic oxidation sites excluding steroid dienone is 1. The highest BCUT2D eigenvalue weighted by Gasteiger charge is 1.94. The second-order valence-electron chi connectivity index (χ2n) is 3.25. The Morgan fingerprint density at radius 3 is 2.42 bits per heavy atom. The van der Waals surface area contributed by atoms with Crippen LogP contribution >= 0.6 is 0 Å². The number of unbranched alkanes of at least 4 members (excludes halogenated alkanes) is 1. The molecule has 0 rings (SSSR count). The molecule has 0 heterocycles. The Morgan fingerprint density at radius 1 is 1.17 bits per heavy atom. The molecule has 0 radical (unpaired) electrons. The molecule has 0 aliphatic carbocycles. The molecule has 0 amide bonds. The van der Waals surface area contributed by atoms with Crippen LogP contribution in [0.3, 0.4) is 0 Å². The van der Waals surface area contributed by atoms with Crippen molar-refractivity contribution in [1.29, 1.82) is 0 Å². The fourth-order valence-corrected chi connectivity index (χ4v) is 1.28. The van der Waals surface area contributed by atoms with Gasteiger partial charge in [0.15, 0.2) is 0 Å². The van der Waals surface area contributed by atoms with Crippen molar-refractivity contribution < 1.29 is 0 Å². The van der Waals surface area contributed by atoms with E-state index in [1.165, 1.54) is 32.1 Å². The van der Waals surface area contributed by atoms with Crippen molar-refractivity contribution in [3.63, 3.8) is 0 Å². The lowest BCUT2D eigenvalue weighted by Gasteiger charge is -2.05. The summed E-state index contributed by atoms with van der Waals surface area (Å²) >= 11 is 0. The molecule has 12 heavy (non-hydrogen) atoms. The van der Waals surface area contributed by atoms with Gasteiger partial charge in [0, 0.05) is 0 Å². The molecule has 0 saturated carbocycles. The van der Waals surface area contributed by atoms with Crippen LogP contribution in [0.4, 0.5) is 0 Å². The van der Waals surface area contributed by atoms with E-state index in [1.54, 1.807) is 5.57 Å². The van der Waals surface area contributed by atoms with Crippen molar-refractivity contribution in [2.45, 2.75) is 46.0 Å². The molecule has 0 aromatic heterocycles. The average Bonchev–Trinajstić information content (AvgIpc) is 2.10. The van der Waals surface area contributed by atoms with Crippen molar-refractivity contribution in [3.8, 4) is 0 Å². The van der Waals surface area contributed by atoms with Gasteiger partial charge in [-0.3, -0.25) is 0 Å². The third-order valence-corrected chi connectivity index (χ3v) is 1.99. The lowest BCUT2D eigenvalue weighted by molar-refractivity contribution is 0.739. The Balaban J connectivity index is 3.68. The van der Waals surface area contributed by atoms with Gasteiger partial charge < -0.3 is 5.32 Å². The second-order valence-corrected chi connectivity index (χ2v) is 3.25. The summed E-state index contributed by atoms with van der Waals surface area (Å²) < 4.78 is 0. The van der Waals surface area contributed by atoms with Gasteiger partial charge >= 0.3 is 0 Å². The summed E-state index contributed by atoms with van der Waals surface area (Å²) in [5.41, 5.74) is 1.63. The lowest BCUT2D eigenvalue weighted by atomic mass is 10.1. The Kier molecular flexibility index (Phi) is 8.57. The van der Waals surface area contributed by atoms with Crippen LogP contribution in [0.15, 0.2) is 11.6 Å². The lowest BCUT2D eigenvalue weighted by Crippen LogP contribution is -2.08. The summed E-state index contributed by atoms with van der Waals surface area (Å²) in [4.78, 5) is 0. The largest absolute Gasteiger partial charge is 0.319 e. The molecule has 0 aliphatic heterocycles. The summed E-state index contributed by atoms with van der Waals surface area (Å²) in [6.45, 7) is 5.60. The monoisotopic (exact) mass is 169 g/mol. The highest BCUT2D eigenvalue weighted by Crippen LogP contribution is 2.10. The molecule has 1 heteroatoms. The smallest absolute Gasteiger partial charge is 0.00146 e. The molecule has 72 valence electrons. The zero-order valence-electron chi connectivity index (χ0n) is 8.82. The summed E-state index contributed by atoms with van der Waals surface area (Å²) in [6, 6.07) is 0. The molecular weight excluding hydrogens is 146 g/mol. The third kappa shape index (κ3) is 6.41. The average molecular weight is 169 g/mol. The maximum absolute atomic E-state index is 3.19. The van der Waals surface area contributed by atoms with Crippen molar-refractivity contribution in [3.05, 3.63) is 11.6 Å². The summed E-state index contributed by atoms with van der Waals surface area (Å²) in [7, 11) is 2.02. The normalized spacial score (nSPS) is 12.1. The zero-order chi connectivity index (χ0) is 9.23. The van der Waals surface area contributed by atoms with Gasteiger partial charge in [0.25, 0.3) is 0 Å². The van der Waals surface area contributed by atoms with Crippen LogP contribution < -0.4 is 5.32 Å². The van der Waals surface area contributed by atoms with Crippen LogP contribution in [-0.4, -0.2) is 13.6 Å². The van der Waals surface area contributed by atoms with Gasteiger partial charge in [-0.2, -0.15) is 0 Å². The Labute approximate surface area is 77.2 Å². The molecule has 0 fully saturated rings. The van der Waals surface area contributed by atoms with Crippen LogP contribution in [0.2, 0.25) is 0 Å². The first-order chi connectivity index (χ1) is 5.85. The Hall–Kier alpha value is -0.300. The van der Waals surface area contributed by atoms with E-state index in [-0.39, 0.29) is 0 Å². The Bertz CT molecular complexity index is 116. The first-order valence-corrected chi connectivity index (χ1v) is 5.17. The molecule has 0 aliphatic rings. The van der Waals surface area contributed by atoms with E-state index in [0.717, 1.165) is 6.54 Å². The number of rotatable bonds is 7. The van der Waals surface area contributed by atoms with Crippen molar-refractivity contribution >= 4 is 0 Å². The van der Waals surface area contributed by atoms with Gasteiger partial charge in [-0.05, 0) is 32.9 Å². The maximum Gasteiger partial charge on any atom is -0.00146 e. The number of hydrogen-bond acceptors (Lipinski definition) is 1. The summed E-state index contributed by atoms with van der Waals surface area (Å²) in [5.74, 6) is 0. The van der Waals surface area contributed by atoms with Gasteiger partial charge in [-0.1, -0.05) is 38.3 Å². The first-order valence-electron chi connectivity index (χ1n) is 5.17. The van der Waals surface area contributed by atoms with Gasteiger partial charge in [-0.15, -0.1) is 0 Å². The topological polar surface area (TPSA) is 12.0 Å². The van der Waals surface area contributed by atoms with E-state index in [1.807, 2.05) is 7.05 Å². The minimum absolute atomic E-state index is 1.12. The minimum Gasteiger partial charge on any atom is -0.319 e. The van der Waals surface area contributed by atoms with Gasteiger partial charge in [0.05, 0.1) is 0 Å². The minimum atomic E-state index is 1.12. The van der Waals surface area contributed by atoms with E-state index in [2.05, 4.69) is 25.2 Å². The SMILES string of the molecule is CCCC=C(CCC)CCNC. The molecule has 1 N–H and O–H groups in total. The standard InChI is InChI=1S/C11H23N/c1-4-6-8-11(7-5-2)9-10-12-3/h8,12H,4-7,9-10H2,1-3H3. The van der Waals surface area contributed by atoms with Crippen LogP contribution in [0.25, 0.3) is 0 Å². The highest BCUT2D eigenvalue weighted by atomic mass is 14.8. The second kappa shape index (κ2) is 8.79. The Morgan fingerprint density at radius 2 is 1.92 bits per heavy atom. The van der Waals surface area contributed by atoms with Gasteiger partial charge in [-0.25, -0.2) is 0 Å². The number of nitrogens with one attached hydrogen (secondary N) is 1. The fraction of sp³-hybridized carbons (Fsp3) is 0.818. The molecule has 1 nitrogen and oxygen atoms in total. The van der Waals surface area contributed by atoms with E-state index >= 15 is 0 Å². The highest BCUT2D eigenvalue weighted by molar-refractivity contribution is 5.01. The molecule has 0 saturated heterocycles. The van der Waals surface area contributed by atoms with E-state index < -0.39 is 0 Å². The van der Waals surface area contributed by atoms with Crippen LogP contribution in [0, 0.1) is 0 Å². The van der Waals surface area contributed by atoms with Crippen molar-refractivity contribution in [2.75, 3.05) is 13.6 Å². The molecular formula is C11H23N. The molecule has 0 aromatic rings. The molecule has 0 unspecified atom stereocenters.